The molecule has 16 heavy (non-hydrogen) atoms. The number of halogens is 1. The zero-order valence-electron chi connectivity index (χ0n) is 9.69. The lowest BCUT2D eigenvalue weighted by molar-refractivity contribution is 0.598. The molecule has 1 aliphatic rings. The number of aromatic nitrogens is 2. The predicted octanol–water partition coefficient (Wildman–Crippen LogP) is 2.93. The van der Waals surface area contributed by atoms with Gasteiger partial charge in [-0.25, -0.2) is 0 Å². The summed E-state index contributed by atoms with van der Waals surface area (Å²) in [5.41, 5.74) is 0.986. The van der Waals surface area contributed by atoms with Gasteiger partial charge in [-0.1, -0.05) is 15.9 Å². The Morgan fingerprint density at radius 3 is 3.00 bits per heavy atom. The van der Waals surface area contributed by atoms with Gasteiger partial charge < -0.3 is 4.90 Å². The van der Waals surface area contributed by atoms with Crippen LogP contribution in [0.2, 0.25) is 0 Å². The summed E-state index contributed by atoms with van der Waals surface area (Å²) in [6.07, 6.45) is 5.06. The van der Waals surface area contributed by atoms with E-state index in [1.807, 2.05) is 13.0 Å². The minimum Gasteiger partial charge on any atom is -0.352 e. The molecule has 1 saturated heterocycles. The van der Waals surface area contributed by atoms with Crippen molar-refractivity contribution in [1.82, 2.24) is 10.2 Å². The highest BCUT2D eigenvalue weighted by Crippen LogP contribution is 2.26. The summed E-state index contributed by atoms with van der Waals surface area (Å²) in [5, 5.41) is 9.51. The molecule has 2 rings (SSSR count). The van der Waals surface area contributed by atoms with Crippen molar-refractivity contribution in [3.8, 4) is 0 Å². The first-order valence-electron chi connectivity index (χ1n) is 5.94. The number of alkyl halides is 1. The van der Waals surface area contributed by atoms with Crippen molar-refractivity contribution in [2.75, 3.05) is 16.8 Å². The summed E-state index contributed by atoms with van der Waals surface area (Å²) in [6, 6.07) is 4.80. The molecule has 1 aromatic rings. The molecule has 0 bridgehead atoms. The quantitative estimate of drug-likeness (QED) is 0.796. The molecule has 0 radical (unpaired) electrons. The van der Waals surface area contributed by atoms with Crippen LogP contribution in [-0.4, -0.2) is 28.1 Å². The topological polar surface area (TPSA) is 29.0 Å². The van der Waals surface area contributed by atoms with Crippen LogP contribution in [0.15, 0.2) is 12.1 Å². The summed E-state index contributed by atoms with van der Waals surface area (Å²) in [6.45, 7) is 3.10. The van der Waals surface area contributed by atoms with Crippen LogP contribution in [0.4, 0.5) is 5.82 Å². The number of anilines is 1. The molecule has 2 heterocycles. The highest BCUT2D eigenvalue weighted by Gasteiger charge is 2.25. The van der Waals surface area contributed by atoms with Crippen molar-refractivity contribution in [3.05, 3.63) is 17.8 Å². The zero-order valence-corrected chi connectivity index (χ0v) is 11.3. The first kappa shape index (κ1) is 11.8. The number of aryl methyl sites for hydroxylation is 1. The molecule has 1 fully saturated rings. The van der Waals surface area contributed by atoms with E-state index in [-0.39, 0.29) is 0 Å². The fourth-order valence-electron chi connectivity index (χ4n) is 2.30. The number of hydrogen-bond donors (Lipinski definition) is 0. The van der Waals surface area contributed by atoms with Crippen LogP contribution in [0.1, 0.15) is 31.4 Å². The SMILES string of the molecule is Cc1ccc(N2CCCC2CCCBr)nn1. The van der Waals surface area contributed by atoms with Gasteiger partial charge in [0.1, 0.15) is 0 Å². The molecule has 3 nitrogen and oxygen atoms in total. The summed E-state index contributed by atoms with van der Waals surface area (Å²) in [5.74, 6) is 1.04. The van der Waals surface area contributed by atoms with Crippen LogP contribution in [0.25, 0.3) is 0 Å². The van der Waals surface area contributed by atoms with E-state index in [0.717, 1.165) is 23.4 Å². The van der Waals surface area contributed by atoms with Crippen molar-refractivity contribution in [1.29, 1.82) is 0 Å². The van der Waals surface area contributed by atoms with Gasteiger partial charge in [0.25, 0.3) is 0 Å². The Hall–Kier alpha value is -0.640. The Kier molecular flexibility index (Phi) is 4.16. The Labute approximate surface area is 105 Å². The van der Waals surface area contributed by atoms with Gasteiger partial charge in [-0.05, 0) is 44.7 Å². The molecule has 1 aliphatic heterocycles. The second-order valence-corrected chi connectivity index (χ2v) is 5.15. The van der Waals surface area contributed by atoms with Gasteiger partial charge in [0.15, 0.2) is 5.82 Å². The highest BCUT2D eigenvalue weighted by atomic mass is 79.9. The molecule has 0 spiro atoms. The minimum atomic E-state index is 0.662. The van der Waals surface area contributed by atoms with E-state index in [1.165, 1.54) is 25.7 Å². The second kappa shape index (κ2) is 5.62. The largest absolute Gasteiger partial charge is 0.352 e. The average Bonchev–Trinajstić information content (AvgIpc) is 2.75. The van der Waals surface area contributed by atoms with Crippen LogP contribution in [0.5, 0.6) is 0 Å². The van der Waals surface area contributed by atoms with Gasteiger partial charge in [0, 0.05) is 17.9 Å². The normalized spacial score (nSPS) is 20.4. The van der Waals surface area contributed by atoms with E-state index in [0.29, 0.717) is 6.04 Å². The van der Waals surface area contributed by atoms with Gasteiger partial charge in [-0.15, -0.1) is 5.10 Å². The van der Waals surface area contributed by atoms with Crippen LogP contribution >= 0.6 is 15.9 Å². The molecule has 0 aromatic carbocycles. The summed E-state index contributed by atoms with van der Waals surface area (Å²) in [4.78, 5) is 2.41. The lowest BCUT2D eigenvalue weighted by atomic mass is 10.1. The maximum atomic E-state index is 4.28. The van der Waals surface area contributed by atoms with Gasteiger partial charge in [0.05, 0.1) is 5.69 Å². The summed E-state index contributed by atoms with van der Waals surface area (Å²) in [7, 11) is 0. The maximum Gasteiger partial charge on any atom is 0.151 e. The van der Waals surface area contributed by atoms with Crippen molar-refractivity contribution in [2.45, 2.75) is 38.6 Å². The van der Waals surface area contributed by atoms with Crippen LogP contribution in [-0.2, 0) is 0 Å². The first-order chi connectivity index (χ1) is 7.81. The second-order valence-electron chi connectivity index (χ2n) is 4.35. The third kappa shape index (κ3) is 2.73. The van der Waals surface area contributed by atoms with Gasteiger partial charge in [-0.2, -0.15) is 5.10 Å². The summed E-state index contributed by atoms with van der Waals surface area (Å²) >= 11 is 3.50. The number of nitrogens with zero attached hydrogens (tertiary/aromatic N) is 3. The molecule has 1 aromatic heterocycles. The molecular weight excluding hydrogens is 266 g/mol. The number of rotatable bonds is 4. The first-order valence-corrected chi connectivity index (χ1v) is 7.06. The monoisotopic (exact) mass is 283 g/mol. The van der Waals surface area contributed by atoms with E-state index in [2.05, 4.69) is 37.1 Å². The van der Waals surface area contributed by atoms with Crippen LogP contribution < -0.4 is 4.90 Å². The molecule has 1 atom stereocenters. The Morgan fingerprint density at radius 2 is 2.31 bits per heavy atom. The minimum absolute atomic E-state index is 0.662. The molecule has 0 saturated carbocycles. The third-order valence-electron chi connectivity index (χ3n) is 3.13. The molecule has 0 aliphatic carbocycles. The van der Waals surface area contributed by atoms with Crippen molar-refractivity contribution in [2.24, 2.45) is 0 Å². The lowest BCUT2D eigenvalue weighted by Crippen LogP contribution is -2.30. The molecule has 1 unspecified atom stereocenters. The average molecular weight is 284 g/mol. The van der Waals surface area contributed by atoms with Crippen molar-refractivity contribution < 1.29 is 0 Å². The molecule has 0 N–H and O–H groups in total. The van der Waals surface area contributed by atoms with Crippen molar-refractivity contribution >= 4 is 21.7 Å². The Balaban J connectivity index is 2.04. The van der Waals surface area contributed by atoms with E-state index >= 15 is 0 Å². The van der Waals surface area contributed by atoms with Crippen LogP contribution in [0.3, 0.4) is 0 Å². The standard InChI is InChI=1S/C12H18BrN3/c1-10-6-7-12(15-14-10)16-9-3-5-11(16)4-2-8-13/h6-7,11H,2-5,8-9H2,1H3. The lowest BCUT2D eigenvalue weighted by Gasteiger charge is -2.25. The predicted molar refractivity (Wildman–Crippen MR) is 70.2 cm³/mol. The van der Waals surface area contributed by atoms with E-state index in [1.54, 1.807) is 0 Å². The number of hydrogen-bond acceptors (Lipinski definition) is 3. The fraction of sp³-hybridized carbons (Fsp3) is 0.667. The molecular formula is C12H18BrN3. The molecule has 4 heteroatoms. The zero-order chi connectivity index (χ0) is 11.4. The van der Waals surface area contributed by atoms with Gasteiger partial charge in [-0.3, -0.25) is 0 Å². The van der Waals surface area contributed by atoms with Gasteiger partial charge in [0.2, 0.25) is 0 Å². The molecule has 0 amide bonds. The Bertz CT molecular complexity index is 326. The van der Waals surface area contributed by atoms with E-state index in [9.17, 15) is 0 Å². The summed E-state index contributed by atoms with van der Waals surface area (Å²) < 4.78 is 0. The van der Waals surface area contributed by atoms with Crippen molar-refractivity contribution in [3.63, 3.8) is 0 Å². The van der Waals surface area contributed by atoms with E-state index in [4.69, 9.17) is 0 Å². The van der Waals surface area contributed by atoms with E-state index < -0.39 is 0 Å². The van der Waals surface area contributed by atoms with Crippen LogP contribution in [0, 0.1) is 6.92 Å². The fourth-order valence-corrected chi connectivity index (χ4v) is 2.62. The molecule has 88 valence electrons. The third-order valence-corrected chi connectivity index (χ3v) is 3.69. The Morgan fingerprint density at radius 1 is 1.44 bits per heavy atom. The smallest absolute Gasteiger partial charge is 0.151 e. The van der Waals surface area contributed by atoms with Gasteiger partial charge >= 0.3 is 0 Å². The highest BCUT2D eigenvalue weighted by molar-refractivity contribution is 9.09. The maximum absolute atomic E-state index is 4.28.